The van der Waals surface area contributed by atoms with Gasteiger partial charge >= 0.3 is 5.97 Å². The molecular formula is C24H21BrN2O4S. The maximum absolute atomic E-state index is 13.5. The number of ether oxygens (including phenoxy) is 2. The van der Waals surface area contributed by atoms with Crippen LogP contribution in [-0.4, -0.2) is 24.3 Å². The molecule has 0 spiro atoms. The van der Waals surface area contributed by atoms with Gasteiger partial charge in [0.25, 0.3) is 5.56 Å². The molecule has 0 amide bonds. The van der Waals surface area contributed by atoms with Crippen LogP contribution >= 0.6 is 27.3 Å². The van der Waals surface area contributed by atoms with Crippen LogP contribution in [0.15, 0.2) is 74.1 Å². The maximum atomic E-state index is 13.5. The smallest absolute Gasteiger partial charge is 0.338 e. The van der Waals surface area contributed by atoms with Crippen molar-refractivity contribution in [3.63, 3.8) is 0 Å². The highest BCUT2D eigenvalue weighted by Gasteiger charge is 2.33. The number of aromatic nitrogens is 1. The summed E-state index contributed by atoms with van der Waals surface area (Å²) in [5, 5.41) is 0. The summed E-state index contributed by atoms with van der Waals surface area (Å²) in [6, 6.07) is 14.4. The van der Waals surface area contributed by atoms with Gasteiger partial charge in [-0.3, -0.25) is 9.36 Å². The number of methoxy groups -OCH3 is 1. The molecule has 0 N–H and O–H groups in total. The van der Waals surface area contributed by atoms with Crippen LogP contribution in [-0.2, 0) is 9.53 Å². The number of thiazole rings is 1. The fourth-order valence-corrected chi connectivity index (χ4v) is 5.10. The Morgan fingerprint density at radius 1 is 1.25 bits per heavy atom. The van der Waals surface area contributed by atoms with Crippen molar-refractivity contribution in [2.75, 3.05) is 13.7 Å². The lowest BCUT2D eigenvalue weighted by atomic mass is 9.96. The molecule has 164 valence electrons. The largest absolute Gasteiger partial charge is 0.497 e. The fraction of sp³-hybridized carbons (Fsp3) is 0.208. The Morgan fingerprint density at radius 2 is 2.00 bits per heavy atom. The lowest BCUT2D eigenvalue weighted by Crippen LogP contribution is -2.39. The second kappa shape index (κ2) is 9.26. The summed E-state index contributed by atoms with van der Waals surface area (Å²) >= 11 is 4.76. The molecule has 2 aromatic carbocycles. The summed E-state index contributed by atoms with van der Waals surface area (Å²) in [6.07, 6.45) is 1.84. The molecule has 1 aliphatic rings. The van der Waals surface area contributed by atoms with Gasteiger partial charge in [0.1, 0.15) is 5.75 Å². The second-order valence-electron chi connectivity index (χ2n) is 7.13. The van der Waals surface area contributed by atoms with Crippen molar-refractivity contribution in [2.45, 2.75) is 19.9 Å². The predicted molar refractivity (Wildman–Crippen MR) is 128 cm³/mol. The van der Waals surface area contributed by atoms with E-state index in [1.54, 1.807) is 25.5 Å². The molecule has 1 aromatic heterocycles. The number of esters is 1. The van der Waals surface area contributed by atoms with Gasteiger partial charge in [-0.25, -0.2) is 9.79 Å². The third-order valence-corrected chi connectivity index (χ3v) is 6.57. The normalized spacial score (nSPS) is 15.9. The van der Waals surface area contributed by atoms with E-state index >= 15 is 0 Å². The van der Waals surface area contributed by atoms with Crippen LogP contribution in [0.4, 0.5) is 0 Å². The van der Waals surface area contributed by atoms with E-state index in [2.05, 4.69) is 20.9 Å². The van der Waals surface area contributed by atoms with E-state index in [1.165, 1.54) is 11.3 Å². The average molecular weight is 513 g/mol. The van der Waals surface area contributed by atoms with Gasteiger partial charge in [0.15, 0.2) is 4.80 Å². The first-order chi connectivity index (χ1) is 15.4. The summed E-state index contributed by atoms with van der Waals surface area (Å²) in [5.74, 6) is 0.213. The molecule has 0 fully saturated rings. The minimum absolute atomic E-state index is 0.205. The van der Waals surface area contributed by atoms with E-state index in [9.17, 15) is 9.59 Å². The van der Waals surface area contributed by atoms with E-state index < -0.39 is 12.0 Å². The van der Waals surface area contributed by atoms with Crippen LogP contribution in [0.3, 0.4) is 0 Å². The highest BCUT2D eigenvalue weighted by molar-refractivity contribution is 9.10. The molecule has 0 aliphatic carbocycles. The number of fused-ring (bicyclic) bond motifs is 1. The monoisotopic (exact) mass is 512 g/mol. The molecule has 4 rings (SSSR count). The minimum atomic E-state index is -0.638. The summed E-state index contributed by atoms with van der Waals surface area (Å²) in [7, 11) is 1.59. The average Bonchev–Trinajstić information content (AvgIpc) is 3.07. The summed E-state index contributed by atoms with van der Waals surface area (Å²) in [4.78, 5) is 31.5. The van der Waals surface area contributed by atoms with Crippen molar-refractivity contribution >= 4 is 39.3 Å². The summed E-state index contributed by atoms with van der Waals surface area (Å²) < 4.78 is 13.6. The van der Waals surface area contributed by atoms with Crippen LogP contribution in [0.5, 0.6) is 5.75 Å². The Kier molecular flexibility index (Phi) is 6.43. The molecule has 8 heteroatoms. The first-order valence-corrected chi connectivity index (χ1v) is 11.6. The third kappa shape index (κ3) is 4.20. The van der Waals surface area contributed by atoms with Gasteiger partial charge in [0.2, 0.25) is 0 Å². The molecule has 0 bridgehead atoms. The quantitative estimate of drug-likeness (QED) is 0.490. The van der Waals surface area contributed by atoms with E-state index in [-0.39, 0.29) is 12.2 Å². The van der Waals surface area contributed by atoms with Crippen LogP contribution in [0, 0.1) is 0 Å². The highest BCUT2D eigenvalue weighted by Crippen LogP contribution is 2.31. The van der Waals surface area contributed by atoms with Gasteiger partial charge in [0.05, 0.1) is 35.6 Å². The van der Waals surface area contributed by atoms with Crippen molar-refractivity contribution in [1.29, 1.82) is 0 Å². The second-order valence-corrected chi connectivity index (χ2v) is 9.06. The predicted octanol–water partition coefficient (Wildman–Crippen LogP) is 3.57. The van der Waals surface area contributed by atoms with Crippen molar-refractivity contribution in [3.8, 4) is 5.75 Å². The minimum Gasteiger partial charge on any atom is -0.497 e. The Bertz CT molecular complexity index is 1390. The summed E-state index contributed by atoms with van der Waals surface area (Å²) in [6.45, 7) is 3.76. The van der Waals surface area contributed by atoms with Crippen molar-refractivity contribution in [1.82, 2.24) is 4.57 Å². The zero-order chi connectivity index (χ0) is 22.8. The molecule has 0 unspecified atom stereocenters. The molecular weight excluding hydrogens is 492 g/mol. The van der Waals surface area contributed by atoms with E-state index in [4.69, 9.17) is 9.47 Å². The van der Waals surface area contributed by atoms with Gasteiger partial charge in [-0.1, -0.05) is 51.5 Å². The Hall–Kier alpha value is -2.97. The zero-order valence-corrected chi connectivity index (χ0v) is 20.2. The van der Waals surface area contributed by atoms with Crippen molar-refractivity contribution in [2.24, 2.45) is 4.99 Å². The molecule has 6 nitrogen and oxygen atoms in total. The van der Waals surface area contributed by atoms with Crippen molar-refractivity contribution in [3.05, 3.63) is 95.1 Å². The first kappa shape index (κ1) is 22.2. The molecule has 0 saturated carbocycles. The number of benzene rings is 2. The van der Waals surface area contributed by atoms with Gasteiger partial charge in [-0.2, -0.15) is 0 Å². The van der Waals surface area contributed by atoms with Crippen LogP contribution in [0.25, 0.3) is 6.08 Å². The van der Waals surface area contributed by atoms with Crippen LogP contribution in [0.2, 0.25) is 0 Å². The third-order valence-electron chi connectivity index (χ3n) is 5.10. The Morgan fingerprint density at radius 3 is 2.66 bits per heavy atom. The fourth-order valence-electron chi connectivity index (χ4n) is 3.64. The van der Waals surface area contributed by atoms with Crippen LogP contribution in [0.1, 0.15) is 31.0 Å². The van der Waals surface area contributed by atoms with Gasteiger partial charge in [-0.15, -0.1) is 0 Å². The molecule has 1 aliphatic heterocycles. The van der Waals surface area contributed by atoms with Gasteiger partial charge in [0, 0.05) is 4.47 Å². The number of hydrogen-bond donors (Lipinski definition) is 0. The maximum Gasteiger partial charge on any atom is 0.338 e. The lowest BCUT2D eigenvalue weighted by molar-refractivity contribution is -0.139. The number of nitrogens with zero attached hydrogens (tertiary/aromatic N) is 2. The number of carbonyl (C=O) groups is 1. The molecule has 0 radical (unpaired) electrons. The lowest BCUT2D eigenvalue weighted by Gasteiger charge is -2.24. The number of carbonyl (C=O) groups excluding carboxylic acids is 1. The standard InChI is InChI=1S/C24H21BrN2O4S/c1-4-31-23(29)20-14(2)26-24-27(21(20)16-8-10-18(30-3)11-9-16)22(28)19(32-24)13-15-6-5-7-17(25)12-15/h5-13,21H,4H2,1-3H3/b19-13-/t21-/m0/s1. The van der Waals surface area contributed by atoms with Crippen molar-refractivity contribution < 1.29 is 14.3 Å². The van der Waals surface area contributed by atoms with E-state index in [1.807, 2.05) is 54.6 Å². The van der Waals surface area contributed by atoms with E-state index in [0.717, 1.165) is 15.6 Å². The van der Waals surface area contributed by atoms with Gasteiger partial charge < -0.3 is 9.47 Å². The topological polar surface area (TPSA) is 69.9 Å². The Labute approximate surface area is 197 Å². The SMILES string of the molecule is CCOC(=O)C1=C(C)N=c2s/c(=C\c3cccc(Br)c3)c(=O)n2[C@H]1c1ccc(OC)cc1. The number of allylic oxidation sites excluding steroid dienone is 1. The summed E-state index contributed by atoms with van der Waals surface area (Å²) in [5.41, 5.74) is 2.37. The Balaban J connectivity index is 1.94. The molecule has 2 heterocycles. The van der Waals surface area contributed by atoms with Gasteiger partial charge in [-0.05, 0) is 55.3 Å². The first-order valence-electron chi connectivity index (χ1n) is 10.0. The molecule has 3 aromatic rings. The van der Waals surface area contributed by atoms with Crippen LogP contribution < -0.4 is 19.6 Å². The molecule has 32 heavy (non-hydrogen) atoms. The number of hydrogen-bond acceptors (Lipinski definition) is 6. The highest BCUT2D eigenvalue weighted by atomic mass is 79.9. The zero-order valence-electron chi connectivity index (χ0n) is 17.8. The number of halogens is 1. The molecule has 1 atom stereocenters. The number of rotatable bonds is 5. The molecule has 0 saturated heterocycles. The van der Waals surface area contributed by atoms with E-state index in [0.29, 0.717) is 26.4 Å².